The minimum atomic E-state index is -4.34. The van der Waals surface area contributed by atoms with Gasteiger partial charge in [0.15, 0.2) is 0 Å². The van der Waals surface area contributed by atoms with Crippen molar-refractivity contribution in [3.05, 3.63) is 35.5 Å². The Kier molecular flexibility index (Phi) is 4.38. The molecular formula is C15H18BClF3N. The molecule has 6 heteroatoms. The molecule has 5 atom stereocenters. The first-order chi connectivity index (χ1) is 9.55. The lowest BCUT2D eigenvalue weighted by atomic mass is 9.58. The smallest absolute Gasteiger partial charge is 0.312 e. The summed E-state index contributed by atoms with van der Waals surface area (Å²) < 4.78 is 39.1. The van der Waals surface area contributed by atoms with Crippen LogP contribution in [0.3, 0.4) is 0 Å². The number of halogens is 4. The Labute approximate surface area is 129 Å². The van der Waals surface area contributed by atoms with E-state index >= 15 is 0 Å². The lowest BCUT2D eigenvalue weighted by molar-refractivity contribution is -0.0959. The molecule has 0 bridgehead atoms. The average Bonchev–Trinajstić information content (AvgIpc) is 2.34. The number of nitrogens with two attached hydrogens (primary N) is 1. The van der Waals surface area contributed by atoms with E-state index in [1.165, 1.54) is 6.08 Å². The number of hydrogen-bond acceptors (Lipinski definition) is 1. The van der Waals surface area contributed by atoms with E-state index in [2.05, 4.69) is 0 Å². The molecule has 2 radical (unpaired) electrons. The van der Waals surface area contributed by atoms with E-state index in [0.717, 1.165) is 5.57 Å². The zero-order chi connectivity index (χ0) is 16.0. The fourth-order valence-corrected chi connectivity index (χ4v) is 3.49. The van der Waals surface area contributed by atoms with Crippen molar-refractivity contribution in [2.45, 2.75) is 37.3 Å². The Morgan fingerprint density at radius 2 is 2.00 bits per heavy atom. The van der Waals surface area contributed by atoms with Crippen molar-refractivity contribution in [1.82, 2.24) is 0 Å². The van der Waals surface area contributed by atoms with Gasteiger partial charge in [-0.25, -0.2) is 0 Å². The van der Waals surface area contributed by atoms with Crippen molar-refractivity contribution in [1.29, 1.82) is 0 Å². The Morgan fingerprint density at radius 1 is 1.38 bits per heavy atom. The van der Waals surface area contributed by atoms with Crippen LogP contribution in [0.5, 0.6) is 0 Å². The third-order valence-electron chi connectivity index (χ3n) is 4.32. The molecule has 0 saturated heterocycles. The van der Waals surface area contributed by atoms with Gasteiger partial charge in [0, 0.05) is 17.4 Å². The zero-order valence-electron chi connectivity index (χ0n) is 12.0. The summed E-state index contributed by atoms with van der Waals surface area (Å²) in [6, 6.07) is 0. The number of alkyl halides is 4. The largest absolute Gasteiger partial charge is 0.412 e. The average molecular weight is 316 g/mol. The van der Waals surface area contributed by atoms with Crippen molar-refractivity contribution in [3.8, 4) is 0 Å². The number of allylic oxidation sites excluding steroid dienone is 4. The number of rotatable bonds is 1. The van der Waals surface area contributed by atoms with Crippen LogP contribution >= 0.6 is 11.6 Å². The van der Waals surface area contributed by atoms with Crippen LogP contribution in [0.2, 0.25) is 5.82 Å². The summed E-state index contributed by atoms with van der Waals surface area (Å²) in [5.41, 5.74) is 6.20. The highest BCUT2D eigenvalue weighted by Gasteiger charge is 2.44. The summed E-state index contributed by atoms with van der Waals surface area (Å²) in [6.45, 7) is 3.45. The summed E-state index contributed by atoms with van der Waals surface area (Å²) in [7, 11) is 5.96. The monoisotopic (exact) mass is 315 g/mol. The molecule has 0 saturated carbocycles. The highest BCUT2D eigenvalue weighted by Crippen LogP contribution is 2.50. The topological polar surface area (TPSA) is 26.0 Å². The maximum atomic E-state index is 13.0. The van der Waals surface area contributed by atoms with Gasteiger partial charge in [-0.3, -0.25) is 0 Å². The molecule has 21 heavy (non-hydrogen) atoms. The summed E-state index contributed by atoms with van der Waals surface area (Å²) in [6.07, 6.45) is 2.34. The van der Waals surface area contributed by atoms with Crippen molar-refractivity contribution in [2.75, 3.05) is 0 Å². The van der Waals surface area contributed by atoms with E-state index < -0.39 is 28.5 Å². The second kappa shape index (κ2) is 5.51. The fourth-order valence-electron chi connectivity index (χ4n) is 3.29. The van der Waals surface area contributed by atoms with Gasteiger partial charge < -0.3 is 5.73 Å². The van der Waals surface area contributed by atoms with Crippen LogP contribution in [0.25, 0.3) is 0 Å². The molecule has 0 fully saturated rings. The lowest BCUT2D eigenvalue weighted by Crippen LogP contribution is -2.43. The number of fused-ring (bicyclic) bond motifs is 1. The molecule has 0 aromatic carbocycles. The normalized spacial score (nSPS) is 37.9. The van der Waals surface area contributed by atoms with Gasteiger partial charge in [-0.2, -0.15) is 13.2 Å². The minimum absolute atomic E-state index is 0.141. The predicted octanol–water partition coefficient (Wildman–Crippen LogP) is 4.11. The van der Waals surface area contributed by atoms with Crippen molar-refractivity contribution in [2.24, 2.45) is 23.5 Å². The summed E-state index contributed by atoms with van der Waals surface area (Å²) in [5, 5.41) is 0. The summed E-state index contributed by atoms with van der Waals surface area (Å²) in [4.78, 5) is -1.04. The van der Waals surface area contributed by atoms with Gasteiger partial charge in [-0.15, -0.1) is 11.6 Å². The standard InChI is InChI=1S/C15H18BClF3N/c1-3-9-11-6-8(15(18,19)20)7-13(16)10(11)4-5-12(9)14(2,17)21/h3-6,10-13H,7,21H2,1-2H3/b9-3-. The van der Waals surface area contributed by atoms with Crippen LogP contribution in [0, 0.1) is 17.8 Å². The third kappa shape index (κ3) is 3.24. The predicted molar refractivity (Wildman–Crippen MR) is 80.1 cm³/mol. The molecule has 0 amide bonds. The Morgan fingerprint density at radius 3 is 2.48 bits per heavy atom. The molecule has 0 aromatic heterocycles. The second-order valence-corrected chi connectivity index (χ2v) is 6.78. The van der Waals surface area contributed by atoms with Gasteiger partial charge in [0.05, 0.1) is 12.8 Å². The molecular weight excluding hydrogens is 297 g/mol. The van der Waals surface area contributed by atoms with Crippen LogP contribution in [-0.4, -0.2) is 19.0 Å². The fraction of sp³-hybridized carbons (Fsp3) is 0.600. The molecule has 0 spiro atoms. The van der Waals surface area contributed by atoms with Crippen molar-refractivity contribution in [3.63, 3.8) is 0 Å². The lowest BCUT2D eigenvalue weighted by Gasteiger charge is -2.43. The highest BCUT2D eigenvalue weighted by molar-refractivity contribution is 6.23. The van der Waals surface area contributed by atoms with Crippen LogP contribution in [-0.2, 0) is 0 Å². The van der Waals surface area contributed by atoms with E-state index in [1.54, 1.807) is 13.8 Å². The van der Waals surface area contributed by atoms with Gasteiger partial charge in [-0.1, -0.05) is 35.7 Å². The van der Waals surface area contributed by atoms with Crippen LogP contribution in [0.4, 0.5) is 13.2 Å². The quantitative estimate of drug-likeness (QED) is 0.335. The zero-order valence-corrected chi connectivity index (χ0v) is 12.7. The van der Waals surface area contributed by atoms with Crippen LogP contribution in [0.15, 0.2) is 35.5 Å². The Hall–Kier alpha value is -0.675. The molecule has 2 aliphatic carbocycles. The summed E-state index contributed by atoms with van der Waals surface area (Å²) >= 11 is 6.19. The van der Waals surface area contributed by atoms with E-state index in [0.29, 0.717) is 0 Å². The van der Waals surface area contributed by atoms with E-state index in [4.69, 9.17) is 25.2 Å². The van der Waals surface area contributed by atoms with Crippen LogP contribution in [0.1, 0.15) is 20.3 Å². The first-order valence-corrected chi connectivity index (χ1v) is 7.29. The van der Waals surface area contributed by atoms with Gasteiger partial charge >= 0.3 is 6.18 Å². The maximum Gasteiger partial charge on any atom is 0.412 e. The number of hydrogen-bond donors (Lipinski definition) is 1. The van der Waals surface area contributed by atoms with Crippen molar-refractivity contribution < 1.29 is 13.2 Å². The minimum Gasteiger partial charge on any atom is -0.312 e. The van der Waals surface area contributed by atoms with Gasteiger partial charge in [0.2, 0.25) is 0 Å². The SMILES string of the molecule is [B]C1CC(C(F)(F)F)=CC2/C(=C/C)C(C(C)(N)Cl)C=CC12. The molecule has 0 aromatic rings. The molecule has 0 heterocycles. The molecule has 2 aliphatic rings. The van der Waals surface area contributed by atoms with Crippen molar-refractivity contribution >= 4 is 19.4 Å². The highest BCUT2D eigenvalue weighted by atomic mass is 35.5. The van der Waals surface area contributed by atoms with Gasteiger partial charge in [-0.05, 0) is 26.2 Å². The molecule has 1 nitrogen and oxygen atoms in total. The van der Waals surface area contributed by atoms with E-state index in [1.807, 2.05) is 18.2 Å². The van der Waals surface area contributed by atoms with E-state index in [9.17, 15) is 13.2 Å². The van der Waals surface area contributed by atoms with Gasteiger partial charge in [0.25, 0.3) is 0 Å². The first-order valence-electron chi connectivity index (χ1n) is 6.91. The molecule has 5 unspecified atom stereocenters. The maximum absolute atomic E-state index is 13.0. The Bertz CT molecular complexity index is 502. The Balaban J connectivity index is 2.47. The van der Waals surface area contributed by atoms with Gasteiger partial charge in [0.1, 0.15) is 0 Å². The third-order valence-corrected chi connectivity index (χ3v) is 4.56. The first kappa shape index (κ1) is 16.7. The molecule has 2 rings (SSSR count). The van der Waals surface area contributed by atoms with E-state index in [-0.39, 0.29) is 18.3 Å². The second-order valence-electron chi connectivity index (χ2n) is 5.96. The molecule has 0 aliphatic heterocycles. The summed E-state index contributed by atoms with van der Waals surface area (Å²) in [5.74, 6) is -1.39. The van der Waals surface area contributed by atoms with Crippen LogP contribution < -0.4 is 5.73 Å². The molecule has 2 N–H and O–H groups in total. The molecule has 114 valence electrons.